The zero-order valence-electron chi connectivity index (χ0n) is 22.1. The Morgan fingerprint density at radius 2 is 1.76 bits per heavy atom. The molecule has 206 valence electrons. The standard InChI is InChI=1S/C29H38N2O7/c1-3-4-13-30(14-5-6-15-32)26(33)18-31-17-23(21-9-12-24-25(16-21)38-19-37-24)27(29(34)35)28(31)20-7-10-22(36-2)11-8-20/h7-12,16,23,27-28,32H,3-6,13-15,17-19H2,1-2H3,(H,34,35)/p-1/t23-,27-,28-/m1/s1. The number of amides is 1. The molecule has 1 saturated heterocycles. The van der Waals surface area contributed by atoms with Crippen LogP contribution in [0.15, 0.2) is 42.5 Å². The maximum Gasteiger partial charge on any atom is 0.236 e. The lowest BCUT2D eigenvalue weighted by Gasteiger charge is -2.31. The van der Waals surface area contributed by atoms with Crippen LogP contribution in [0.4, 0.5) is 0 Å². The molecule has 0 bridgehead atoms. The predicted octanol–water partition coefficient (Wildman–Crippen LogP) is 2.33. The fraction of sp³-hybridized carbons (Fsp3) is 0.517. The van der Waals surface area contributed by atoms with Gasteiger partial charge in [-0.15, -0.1) is 0 Å². The van der Waals surface area contributed by atoms with Crippen LogP contribution in [0.25, 0.3) is 0 Å². The molecule has 0 saturated carbocycles. The summed E-state index contributed by atoms with van der Waals surface area (Å²) < 4.78 is 16.3. The van der Waals surface area contributed by atoms with Gasteiger partial charge in [-0.2, -0.15) is 0 Å². The lowest BCUT2D eigenvalue weighted by Crippen LogP contribution is -2.43. The molecule has 1 N–H and O–H groups in total. The molecule has 0 radical (unpaired) electrons. The number of likely N-dealkylation sites (tertiary alicyclic amines) is 1. The van der Waals surface area contributed by atoms with Gasteiger partial charge < -0.3 is 34.1 Å². The van der Waals surface area contributed by atoms with Gasteiger partial charge in [-0.3, -0.25) is 9.69 Å². The Morgan fingerprint density at radius 3 is 2.45 bits per heavy atom. The summed E-state index contributed by atoms with van der Waals surface area (Å²) >= 11 is 0. The second-order valence-electron chi connectivity index (χ2n) is 9.88. The van der Waals surface area contributed by atoms with Crippen LogP contribution in [0.5, 0.6) is 17.2 Å². The zero-order chi connectivity index (χ0) is 27.1. The van der Waals surface area contributed by atoms with Crippen molar-refractivity contribution in [2.75, 3.05) is 46.7 Å². The van der Waals surface area contributed by atoms with Gasteiger partial charge in [0.15, 0.2) is 11.5 Å². The Hall–Kier alpha value is -3.30. The Kier molecular flexibility index (Phi) is 9.47. The first-order chi connectivity index (χ1) is 18.5. The number of carboxylic acids is 1. The van der Waals surface area contributed by atoms with Crippen molar-refractivity contribution in [3.05, 3.63) is 53.6 Å². The third-order valence-electron chi connectivity index (χ3n) is 7.46. The highest BCUT2D eigenvalue weighted by Crippen LogP contribution is 2.47. The summed E-state index contributed by atoms with van der Waals surface area (Å²) in [4.78, 5) is 30.0. The number of hydrogen-bond donors (Lipinski definition) is 1. The Morgan fingerprint density at radius 1 is 1.05 bits per heavy atom. The van der Waals surface area contributed by atoms with Gasteiger partial charge in [0.25, 0.3) is 0 Å². The molecule has 3 atom stereocenters. The lowest BCUT2D eigenvalue weighted by atomic mass is 9.82. The maximum absolute atomic E-state index is 13.6. The summed E-state index contributed by atoms with van der Waals surface area (Å²) in [5.74, 6) is -0.605. The third-order valence-corrected chi connectivity index (χ3v) is 7.46. The van der Waals surface area contributed by atoms with E-state index in [0.717, 1.165) is 30.4 Å². The number of carbonyl (C=O) groups is 2. The van der Waals surface area contributed by atoms with Gasteiger partial charge in [-0.1, -0.05) is 31.5 Å². The SMILES string of the molecule is CCCCN(CCCCO)C(=O)CN1C[C@H](c2ccc3c(c2)OCO3)[C@@H](C(=O)[O-])[C@H]1c1ccc(OC)cc1. The molecule has 1 amide bonds. The highest BCUT2D eigenvalue weighted by molar-refractivity contribution is 5.79. The van der Waals surface area contributed by atoms with Crippen LogP contribution < -0.4 is 19.3 Å². The summed E-state index contributed by atoms with van der Waals surface area (Å²) in [5.41, 5.74) is 1.60. The largest absolute Gasteiger partial charge is 0.550 e. The van der Waals surface area contributed by atoms with E-state index < -0.39 is 23.8 Å². The van der Waals surface area contributed by atoms with Crippen LogP contribution >= 0.6 is 0 Å². The minimum Gasteiger partial charge on any atom is -0.550 e. The van der Waals surface area contributed by atoms with Crippen molar-refractivity contribution in [3.63, 3.8) is 0 Å². The number of benzene rings is 2. The minimum absolute atomic E-state index is 0.0432. The zero-order valence-corrected chi connectivity index (χ0v) is 22.1. The number of carbonyl (C=O) groups excluding carboxylic acids is 2. The Balaban J connectivity index is 1.65. The summed E-state index contributed by atoms with van der Waals surface area (Å²) in [6, 6.07) is 12.3. The van der Waals surface area contributed by atoms with Gasteiger partial charge in [-0.25, -0.2) is 0 Å². The van der Waals surface area contributed by atoms with Crippen molar-refractivity contribution in [2.45, 2.75) is 44.6 Å². The fourth-order valence-electron chi connectivity index (χ4n) is 5.46. The van der Waals surface area contributed by atoms with Crippen LogP contribution in [0.3, 0.4) is 0 Å². The number of nitrogens with zero attached hydrogens (tertiary/aromatic N) is 2. The van der Waals surface area contributed by atoms with Gasteiger partial charge in [0, 0.05) is 50.1 Å². The monoisotopic (exact) mass is 525 g/mol. The summed E-state index contributed by atoms with van der Waals surface area (Å²) in [5, 5.41) is 21.9. The molecule has 2 aromatic carbocycles. The van der Waals surface area contributed by atoms with Crippen LogP contribution in [-0.2, 0) is 9.59 Å². The first-order valence-corrected chi connectivity index (χ1v) is 13.3. The van der Waals surface area contributed by atoms with Gasteiger partial charge in [0.2, 0.25) is 12.7 Å². The van der Waals surface area contributed by atoms with E-state index in [2.05, 4.69) is 6.92 Å². The fourth-order valence-corrected chi connectivity index (χ4v) is 5.46. The van der Waals surface area contributed by atoms with Crippen molar-refractivity contribution in [2.24, 2.45) is 5.92 Å². The van der Waals surface area contributed by atoms with Gasteiger partial charge >= 0.3 is 0 Å². The molecule has 9 nitrogen and oxygen atoms in total. The first-order valence-electron chi connectivity index (χ1n) is 13.3. The highest BCUT2D eigenvalue weighted by Gasteiger charge is 2.45. The first kappa shape index (κ1) is 27.7. The van der Waals surface area contributed by atoms with Gasteiger partial charge in [0.05, 0.1) is 13.7 Å². The van der Waals surface area contributed by atoms with Crippen molar-refractivity contribution in [3.8, 4) is 17.2 Å². The number of aliphatic hydroxyl groups is 1. The smallest absolute Gasteiger partial charge is 0.236 e. The predicted molar refractivity (Wildman–Crippen MR) is 139 cm³/mol. The van der Waals surface area contributed by atoms with E-state index >= 15 is 0 Å². The topological polar surface area (TPSA) is 112 Å². The molecule has 2 aliphatic rings. The Labute approximate surface area is 223 Å². The second kappa shape index (κ2) is 13.0. The van der Waals surface area contributed by atoms with E-state index in [-0.39, 0.29) is 25.9 Å². The van der Waals surface area contributed by atoms with Gasteiger partial charge in [-0.05, 0) is 54.7 Å². The third kappa shape index (κ3) is 6.22. The number of unbranched alkanes of at least 4 members (excludes halogenated alkanes) is 2. The summed E-state index contributed by atoms with van der Waals surface area (Å²) in [7, 11) is 1.58. The number of fused-ring (bicyclic) bond motifs is 1. The van der Waals surface area contributed by atoms with E-state index in [1.54, 1.807) is 25.3 Å². The molecule has 9 heteroatoms. The van der Waals surface area contributed by atoms with Crippen LogP contribution in [0, 0.1) is 5.92 Å². The molecule has 2 heterocycles. The second-order valence-corrected chi connectivity index (χ2v) is 9.88. The van der Waals surface area contributed by atoms with Crippen molar-refractivity contribution in [1.29, 1.82) is 0 Å². The van der Waals surface area contributed by atoms with E-state index in [1.165, 1.54) is 0 Å². The number of carboxylic acid groups (broad SMARTS) is 1. The molecular formula is C29H37N2O7-. The molecule has 38 heavy (non-hydrogen) atoms. The van der Waals surface area contributed by atoms with Crippen LogP contribution in [0.1, 0.15) is 55.7 Å². The lowest BCUT2D eigenvalue weighted by molar-refractivity contribution is -0.312. The molecule has 2 aromatic rings. The van der Waals surface area contributed by atoms with Gasteiger partial charge in [0.1, 0.15) is 5.75 Å². The maximum atomic E-state index is 13.6. The number of hydrogen-bond acceptors (Lipinski definition) is 8. The molecule has 0 spiro atoms. The van der Waals surface area contributed by atoms with E-state index in [1.807, 2.05) is 34.1 Å². The van der Waals surface area contributed by atoms with Crippen LogP contribution in [0.2, 0.25) is 0 Å². The van der Waals surface area contributed by atoms with Crippen LogP contribution in [-0.4, -0.2) is 73.5 Å². The number of rotatable bonds is 13. The average Bonchev–Trinajstić information content (AvgIpc) is 3.55. The van der Waals surface area contributed by atoms with Crippen molar-refractivity contribution in [1.82, 2.24) is 9.80 Å². The minimum atomic E-state index is -1.16. The Bertz CT molecular complexity index is 1090. The normalized spacial score (nSPS) is 20.4. The number of aliphatic hydroxyl groups excluding tert-OH is 1. The molecule has 4 rings (SSSR count). The number of ether oxygens (including phenoxy) is 3. The van der Waals surface area contributed by atoms with Crippen molar-refractivity contribution >= 4 is 11.9 Å². The average molecular weight is 526 g/mol. The summed E-state index contributed by atoms with van der Waals surface area (Å²) in [6.07, 6.45) is 3.19. The summed E-state index contributed by atoms with van der Waals surface area (Å²) in [6.45, 7) is 3.96. The van der Waals surface area contributed by atoms with E-state index in [9.17, 15) is 19.8 Å². The van der Waals surface area contributed by atoms with Crippen molar-refractivity contribution < 1.29 is 34.0 Å². The molecular weight excluding hydrogens is 488 g/mol. The molecule has 1 fully saturated rings. The highest BCUT2D eigenvalue weighted by atomic mass is 16.7. The van der Waals surface area contributed by atoms with E-state index in [4.69, 9.17) is 14.2 Å². The molecule has 0 aliphatic carbocycles. The number of methoxy groups -OCH3 is 1. The quantitative estimate of drug-likeness (QED) is 0.397. The van der Waals surface area contributed by atoms with E-state index in [0.29, 0.717) is 43.3 Å². The molecule has 2 aliphatic heterocycles. The molecule has 0 unspecified atom stereocenters. The number of aliphatic carboxylic acids is 1. The molecule has 0 aromatic heterocycles.